The van der Waals surface area contributed by atoms with Crippen molar-refractivity contribution in [3.63, 3.8) is 0 Å². The van der Waals surface area contributed by atoms with Crippen LogP contribution in [0.25, 0.3) is 11.3 Å². The van der Waals surface area contributed by atoms with E-state index in [1.807, 2.05) is 42.5 Å². The summed E-state index contributed by atoms with van der Waals surface area (Å²) in [6.07, 6.45) is -0.320. The predicted octanol–water partition coefficient (Wildman–Crippen LogP) is 5.70. The highest BCUT2D eigenvalue weighted by atomic mass is 32.2. The van der Waals surface area contributed by atoms with Crippen LogP contribution in [0.2, 0.25) is 0 Å². The molecule has 7 heteroatoms. The lowest BCUT2D eigenvalue weighted by Gasteiger charge is -2.17. The molecule has 0 spiro atoms. The summed E-state index contributed by atoms with van der Waals surface area (Å²) >= 11 is 3.26. The molecular weight excluding hydrogens is 400 g/mol. The Morgan fingerprint density at radius 2 is 1.83 bits per heavy atom. The van der Waals surface area contributed by atoms with Gasteiger partial charge in [0.25, 0.3) is 0 Å². The van der Waals surface area contributed by atoms with Gasteiger partial charge in [-0.15, -0.1) is 21.5 Å². The van der Waals surface area contributed by atoms with Crippen LogP contribution in [0.1, 0.15) is 21.5 Å². The van der Waals surface area contributed by atoms with Crippen molar-refractivity contribution < 1.29 is 4.74 Å². The molecule has 0 radical (unpaired) electrons. The van der Waals surface area contributed by atoms with Crippen LogP contribution in [0.15, 0.2) is 71.9 Å². The van der Waals surface area contributed by atoms with Gasteiger partial charge in [-0.2, -0.15) is 4.98 Å². The van der Waals surface area contributed by atoms with Gasteiger partial charge in [0.15, 0.2) is 5.69 Å². The molecule has 0 fully saturated rings. The molecule has 0 amide bonds. The predicted molar refractivity (Wildman–Crippen MR) is 117 cm³/mol. The van der Waals surface area contributed by atoms with Gasteiger partial charge in [-0.05, 0) is 30.7 Å². The summed E-state index contributed by atoms with van der Waals surface area (Å²) in [6, 6.07) is 22.5. The first-order valence-electron chi connectivity index (χ1n) is 9.26. The smallest absolute Gasteiger partial charge is 0.247 e. The van der Waals surface area contributed by atoms with Crippen LogP contribution in [0.3, 0.4) is 0 Å². The van der Waals surface area contributed by atoms with Gasteiger partial charge in [-0.3, -0.25) is 0 Å². The molecule has 0 bridgehead atoms. The van der Waals surface area contributed by atoms with Crippen molar-refractivity contribution in [2.75, 3.05) is 5.32 Å². The van der Waals surface area contributed by atoms with Gasteiger partial charge < -0.3 is 10.1 Å². The van der Waals surface area contributed by atoms with Gasteiger partial charge in [0, 0.05) is 21.9 Å². The lowest BCUT2D eigenvalue weighted by molar-refractivity contribution is 0.229. The number of fused-ring (bicyclic) bond motifs is 3. The number of aromatic nitrogens is 3. The molecule has 3 heterocycles. The standard InChI is InChI=1S/C22H18N4OS2/c1-14-11-12-18(29-14)20-23-17-10-6-5-9-16(17)19-21(27-20)24-22(26-25-19)28-13-15-7-3-2-4-8-15/h2-12,20,23H,13H2,1H3/t20-/m1/s1. The first-order chi connectivity index (χ1) is 14.3. The van der Waals surface area contributed by atoms with E-state index in [2.05, 4.69) is 46.7 Å². The molecule has 2 aromatic heterocycles. The minimum Gasteiger partial charge on any atom is -0.447 e. The molecule has 0 unspecified atom stereocenters. The van der Waals surface area contributed by atoms with Gasteiger partial charge in [0.1, 0.15) is 0 Å². The lowest BCUT2D eigenvalue weighted by Crippen LogP contribution is -2.15. The number of anilines is 1. The second-order valence-electron chi connectivity index (χ2n) is 6.66. The number of nitrogens with one attached hydrogen (secondary N) is 1. The summed E-state index contributed by atoms with van der Waals surface area (Å²) in [5.74, 6) is 1.29. The second kappa shape index (κ2) is 7.85. The Morgan fingerprint density at radius 3 is 2.66 bits per heavy atom. The molecule has 5 nitrogen and oxygen atoms in total. The number of thiophene rings is 1. The number of nitrogens with zero attached hydrogens (tertiary/aromatic N) is 3. The zero-order valence-corrected chi connectivity index (χ0v) is 17.3. The second-order valence-corrected chi connectivity index (χ2v) is 8.92. The number of para-hydroxylation sites is 1. The monoisotopic (exact) mass is 418 g/mol. The van der Waals surface area contributed by atoms with E-state index in [9.17, 15) is 0 Å². The third-order valence-electron chi connectivity index (χ3n) is 4.56. The number of rotatable bonds is 4. The van der Waals surface area contributed by atoms with Crippen LogP contribution in [-0.4, -0.2) is 15.2 Å². The summed E-state index contributed by atoms with van der Waals surface area (Å²) in [5, 5.41) is 12.9. The highest BCUT2D eigenvalue weighted by Crippen LogP contribution is 2.40. The maximum Gasteiger partial charge on any atom is 0.247 e. The minimum absolute atomic E-state index is 0.320. The fraction of sp³-hybridized carbons (Fsp3) is 0.136. The van der Waals surface area contributed by atoms with Crippen LogP contribution >= 0.6 is 23.1 Å². The van der Waals surface area contributed by atoms with Gasteiger partial charge in [-0.1, -0.05) is 60.3 Å². The van der Waals surface area contributed by atoms with E-state index in [4.69, 9.17) is 9.72 Å². The molecule has 1 N–H and O–H groups in total. The van der Waals surface area contributed by atoms with Gasteiger partial charge in [0.05, 0.1) is 4.88 Å². The molecule has 1 atom stereocenters. The van der Waals surface area contributed by atoms with Crippen LogP contribution in [0.4, 0.5) is 5.69 Å². The summed E-state index contributed by atoms with van der Waals surface area (Å²) in [5.41, 5.74) is 3.78. The molecule has 0 saturated heterocycles. The Labute approximate surface area is 177 Å². The first-order valence-corrected chi connectivity index (χ1v) is 11.1. The fourth-order valence-corrected chi connectivity index (χ4v) is 4.75. The number of hydrogen-bond acceptors (Lipinski definition) is 7. The van der Waals surface area contributed by atoms with E-state index in [-0.39, 0.29) is 6.23 Å². The molecule has 5 rings (SSSR count). The topological polar surface area (TPSA) is 59.9 Å². The average molecular weight is 419 g/mol. The van der Waals surface area contributed by atoms with E-state index >= 15 is 0 Å². The molecular formula is C22H18N4OS2. The van der Waals surface area contributed by atoms with E-state index in [1.165, 1.54) is 10.4 Å². The zero-order chi connectivity index (χ0) is 19.6. The normalized spacial score (nSPS) is 14.9. The molecule has 4 aromatic rings. The number of benzene rings is 2. The largest absolute Gasteiger partial charge is 0.447 e. The summed E-state index contributed by atoms with van der Waals surface area (Å²) in [4.78, 5) is 7.04. The Hall–Kier alpha value is -2.90. The molecule has 1 aliphatic heterocycles. The zero-order valence-electron chi connectivity index (χ0n) is 15.7. The van der Waals surface area contributed by atoms with Crippen molar-refractivity contribution in [1.29, 1.82) is 0 Å². The molecule has 1 aliphatic rings. The third-order valence-corrected chi connectivity index (χ3v) is 6.52. The third kappa shape index (κ3) is 3.83. The van der Waals surface area contributed by atoms with E-state index in [1.54, 1.807) is 23.1 Å². The first kappa shape index (κ1) is 18.1. The van der Waals surface area contributed by atoms with Gasteiger partial charge in [0.2, 0.25) is 17.3 Å². The Bertz CT molecular complexity index is 1150. The molecule has 144 valence electrons. The van der Waals surface area contributed by atoms with Crippen molar-refractivity contribution in [3.8, 4) is 17.1 Å². The van der Waals surface area contributed by atoms with Crippen molar-refractivity contribution in [2.45, 2.75) is 24.1 Å². The van der Waals surface area contributed by atoms with Crippen LogP contribution in [-0.2, 0) is 5.75 Å². The van der Waals surface area contributed by atoms with Crippen molar-refractivity contribution in [1.82, 2.24) is 15.2 Å². The number of hydrogen-bond donors (Lipinski definition) is 1. The SMILES string of the molecule is Cc1ccc([C@@H]2Nc3ccccc3-c3nnc(SCc4ccccc4)nc3O2)s1. The Balaban J connectivity index is 1.50. The van der Waals surface area contributed by atoms with Crippen molar-refractivity contribution >= 4 is 28.8 Å². The number of aryl methyl sites for hydroxylation is 1. The Kier molecular flexibility index (Phi) is 4.91. The molecule has 0 saturated carbocycles. The van der Waals surface area contributed by atoms with Crippen LogP contribution in [0, 0.1) is 6.92 Å². The number of thioether (sulfide) groups is 1. The van der Waals surface area contributed by atoms with Crippen molar-refractivity contribution in [2.24, 2.45) is 0 Å². The van der Waals surface area contributed by atoms with E-state index < -0.39 is 0 Å². The van der Waals surface area contributed by atoms with E-state index in [0.29, 0.717) is 16.7 Å². The maximum atomic E-state index is 6.30. The summed E-state index contributed by atoms with van der Waals surface area (Å²) in [6.45, 7) is 2.09. The molecule has 29 heavy (non-hydrogen) atoms. The fourth-order valence-electron chi connectivity index (χ4n) is 3.15. The lowest BCUT2D eigenvalue weighted by atomic mass is 10.1. The van der Waals surface area contributed by atoms with Crippen molar-refractivity contribution in [3.05, 3.63) is 82.0 Å². The highest BCUT2D eigenvalue weighted by molar-refractivity contribution is 7.98. The maximum absolute atomic E-state index is 6.30. The highest BCUT2D eigenvalue weighted by Gasteiger charge is 2.26. The quantitative estimate of drug-likeness (QED) is 0.429. The summed E-state index contributed by atoms with van der Waals surface area (Å²) in [7, 11) is 0. The number of ether oxygens (including phenoxy) is 1. The average Bonchev–Trinajstić information content (AvgIpc) is 3.12. The van der Waals surface area contributed by atoms with Gasteiger partial charge in [-0.25, -0.2) is 0 Å². The summed E-state index contributed by atoms with van der Waals surface area (Å²) < 4.78 is 6.30. The van der Waals surface area contributed by atoms with Gasteiger partial charge >= 0.3 is 0 Å². The Morgan fingerprint density at radius 1 is 1.00 bits per heavy atom. The van der Waals surface area contributed by atoms with Crippen LogP contribution in [0.5, 0.6) is 5.88 Å². The minimum atomic E-state index is -0.320. The molecule has 0 aliphatic carbocycles. The van der Waals surface area contributed by atoms with Crippen LogP contribution < -0.4 is 10.1 Å². The molecule has 2 aromatic carbocycles. The van der Waals surface area contributed by atoms with E-state index in [0.717, 1.165) is 21.9 Å².